The predicted molar refractivity (Wildman–Crippen MR) is 170 cm³/mol. The van der Waals surface area contributed by atoms with Crippen LogP contribution in [-0.4, -0.2) is 49.6 Å². The number of aliphatic imine (C=N–C) groups is 1. The SMILES string of the molecule is CCc1cccc(C)c1N1C(=O)CSC1=NC(=S)NCC(C)c1ccc(-c2ncn(-c3ccc(OC(F)(F)F)cc3)n2)cc1. The molecule has 1 atom stereocenters. The number of nitrogens with one attached hydrogen (secondary N) is 1. The number of hydrogen-bond acceptors (Lipinski definition) is 6. The number of aromatic nitrogens is 3. The van der Waals surface area contributed by atoms with Crippen molar-refractivity contribution in [1.82, 2.24) is 20.1 Å². The molecule has 1 amide bonds. The Hall–Kier alpha value is -4.23. The van der Waals surface area contributed by atoms with Gasteiger partial charge < -0.3 is 10.1 Å². The molecule has 4 aromatic rings. The van der Waals surface area contributed by atoms with Crippen molar-refractivity contribution in [2.24, 2.45) is 4.99 Å². The minimum Gasteiger partial charge on any atom is -0.406 e. The summed E-state index contributed by atoms with van der Waals surface area (Å²) in [5, 5.41) is 8.56. The Balaban J connectivity index is 1.20. The minimum atomic E-state index is -4.75. The minimum absolute atomic E-state index is 0.0123. The van der Waals surface area contributed by atoms with Gasteiger partial charge in [0, 0.05) is 12.1 Å². The van der Waals surface area contributed by atoms with E-state index in [9.17, 15) is 18.0 Å². The Morgan fingerprint density at radius 3 is 2.55 bits per heavy atom. The van der Waals surface area contributed by atoms with Crippen LogP contribution in [0.4, 0.5) is 18.9 Å². The molecule has 1 fully saturated rings. The summed E-state index contributed by atoms with van der Waals surface area (Å²) < 4.78 is 42.7. The maximum absolute atomic E-state index is 12.8. The molecule has 1 saturated heterocycles. The molecule has 0 aliphatic carbocycles. The number of alkyl halides is 3. The van der Waals surface area contributed by atoms with Crippen LogP contribution in [-0.2, 0) is 11.2 Å². The molecule has 0 radical (unpaired) electrons. The first-order valence-electron chi connectivity index (χ1n) is 13.8. The van der Waals surface area contributed by atoms with Crippen molar-refractivity contribution in [3.05, 3.63) is 89.7 Å². The second-order valence-corrected chi connectivity index (χ2v) is 11.4. The summed E-state index contributed by atoms with van der Waals surface area (Å²) in [4.78, 5) is 23.4. The van der Waals surface area contributed by atoms with Crippen molar-refractivity contribution >= 4 is 45.9 Å². The molecular weight excluding hydrogens is 610 g/mol. The lowest BCUT2D eigenvalue weighted by atomic mass is 10.00. The highest BCUT2D eigenvalue weighted by Gasteiger charge is 2.32. The van der Waals surface area contributed by atoms with Gasteiger partial charge in [-0.05, 0) is 72.4 Å². The second kappa shape index (κ2) is 13.2. The molecular formula is C31H29F3N6O2S2. The summed E-state index contributed by atoms with van der Waals surface area (Å²) in [6, 6.07) is 19.2. The molecule has 13 heteroatoms. The molecule has 8 nitrogen and oxygen atoms in total. The number of carbonyl (C=O) groups excluding carboxylic acids is 1. The smallest absolute Gasteiger partial charge is 0.406 e. The van der Waals surface area contributed by atoms with E-state index in [1.807, 2.05) is 49.4 Å². The van der Waals surface area contributed by atoms with Gasteiger partial charge in [-0.25, -0.2) is 9.67 Å². The molecule has 228 valence electrons. The Labute approximate surface area is 262 Å². The van der Waals surface area contributed by atoms with Crippen molar-refractivity contribution in [2.75, 3.05) is 17.2 Å². The van der Waals surface area contributed by atoms with Gasteiger partial charge in [-0.15, -0.1) is 18.3 Å². The van der Waals surface area contributed by atoms with Crippen LogP contribution in [0.2, 0.25) is 0 Å². The van der Waals surface area contributed by atoms with Crippen LogP contribution < -0.4 is 15.0 Å². The molecule has 1 unspecified atom stereocenters. The van der Waals surface area contributed by atoms with E-state index in [1.54, 1.807) is 4.90 Å². The second-order valence-electron chi connectivity index (χ2n) is 10.1. The van der Waals surface area contributed by atoms with Gasteiger partial charge in [-0.1, -0.05) is 68.1 Å². The highest BCUT2D eigenvalue weighted by Crippen LogP contribution is 2.33. The topological polar surface area (TPSA) is 84.6 Å². The Bertz CT molecular complexity index is 1690. The number of halogens is 3. The third kappa shape index (κ3) is 7.28. The highest BCUT2D eigenvalue weighted by molar-refractivity contribution is 8.15. The monoisotopic (exact) mass is 638 g/mol. The quantitative estimate of drug-likeness (QED) is 0.212. The Morgan fingerprint density at radius 2 is 1.86 bits per heavy atom. The van der Waals surface area contributed by atoms with Crippen molar-refractivity contribution in [2.45, 2.75) is 39.5 Å². The molecule has 1 aliphatic rings. The van der Waals surface area contributed by atoms with Crippen LogP contribution in [0.25, 0.3) is 17.1 Å². The number of thiocarbonyl (C=S) groups is 1. The van der Waals surface area contributed by atoms with Crippen LogP contribution in [0.5, 0.6) is 5.75 Å². The standard InChI is InChI=1S/C31H29F3N6O2S2/c1-4-21-7-5-6-19(2)27(21)40-26(41)17-44-30(40)37-29(43)35-16-20(3)22-8-10-23(11-9-22)28-36-18-39(38-28)24-12-14-25(15-13-24)42-31(32,33)34/h5-15,18,20H,4,16-17H2,1-3H3,(H,35,43). The summed E-state index contributed by atoms with van der Waals surface area (Å²) in [5.74, 6) is 0.570. The summed E-state index contributed by atoms with van der Waals surface area (Å²) >= 11 is 6.91. The van der Waals surface area contributed by atoms with Crippen LogP contribution in [0.15, 0.2) is 78.0 Å². The van der Waals surface area contributed by atoms with E-state index in [1.165, 1.54) is 47.0 Å². The fraction of sp³-hybridized carbons (Fsp3) is 0.258. The number of hydrogen-bond donors (Lipinski definition) is 1. The average Bonchev–Trinajstić information content (AvgIpc) is 3.62. The summed E-state index contributed by atoms with van der Waals surface area (Å²) in [6.07, 6.45) is -2.45. The van der Waals surface area contributed by atoms with Gasteiger partial charge in [0.25, 0.3) is 0 Å². The van der Waals surface area contributed by atoms with E-state index in [0.29, 0.717) is 34.1 Å². The molecule has 3 aromatic carbocycles. The van der Waals surface area contributed by atoms with E-state index >= 15 is 0 Å². The van der Waals surface area contributed by atoms with Crippen molar-refractivity contribution in [3.63, 3.8) is 0 Å². The Kier molecular flexibility index (Phi) is 9.35. The van der Waals surface area contributed by atoms with Crippen LogP contribution >= 0.6 is 24.0 Å². The molecule has 0 bridgehead atoms. The third-order valence-electron chi connectivity index (χ3n) is 7.01. The van der Waals surface area contributed by atoms with Crippen LogP contribution in [0.1, 0.15) is 36.5 Å². The van der Waals surface area contributed by atoms with E-state index in [-0.39, 0.29) is 17.6 Å². The predicted octanol–water partition coefficient (Wildman–Crippen LogP) is 6.82. The van der Waals surface area contributed by atoms with Gasteiger partial charge in [0.15, 0.2) is 16.1 Å². The van der Waals surface area contributed by atoms with Crippen LogP contribution in [0, 0.1) is 6.92 Å². The third-order valence-corrected chi connectivity index (χ3v) is 8.17. The van der Waals surface area contributed by atoms with Gasteiger partial charge >= 0.3 is 6.36 Å². The number of rotatable bonds is 8. The molecule has 5 rings (SSSR count). The molecule has 1 aliphatic heterocycles. The number of amides is 1. The largest absolute Gasteiger partial charge is 0.573 e. The first kappa shape index (κ1) is 31.2. The lowest BCUT2D eigenvalue weighted by Gasteiger charge is -2.22. The molecule has 44 heavy (non-hydrogen) atoms. The molecule has 1 N–H and O–H groups in total. The average molecular weight is 639 g/mol. The first-order chi connectivity index (χ1) is 21.0. The number of nitrogens with zero attached hydrogens (tertiary/aromatic N) is 5. The maximum Gasteiger partial charge on any atom is 0.573 e. The first-order valence-corrected chi connectivity index (χ1v) is 15.2. The molecule has 2 heterocycles. The molecule has 0 saturated carbocycles. The number of anilines is 1. The lowest BCUT2D eigenvalue weighted by molar-refractivity contribution is -0.274. The normalized spacial score (nSPS) is 15.1. The van der Waals surface area contributed by atoms with Gasteiger partial charge in [0.2, 0.25) is 5.91 Å². The van der Waals surface area contributed by atoms with Crippen molar-refractivity contribution in [1.29, 1.82) is 0 Å². The van der Waals surface area contributed by atoms with Crippen molar-refractivity contribution < 1.29 is 22.7 Å². The maximum atomic E-state index is 12.8. The zero-order valence-electron chi connectivity index (χ0n) is 24.1. The van der Waals surface area contributed by atoms with Crippen molar-refractivity contribution in [3.8, 4) is 22.8 Å². The number of benzene rings is 3. The summed E-state index contributed by atoms with van der Waals surface area (Å²) in [7, 11) is 0. The van der Waals surface area contributed by atoms with Gasteiger partial charge in [0.1, 0.15) is 12.1 Å². The van der Waals surface area contributed by atoms with E-state index in [0.717, 1.165) is 34.4 Å². The van der Waals surface area contributed by atoms with Gasteiger partial charge in [-0.3, -0.25) is 9.69 Å². The lowest BCUT2D eigenvalue weighted by Crippen LogP contribution is -2.33. The number of thioether (sulfide) groups is 1. The van der Waals surface area contributed by atoms with Gasteiger partial charge in [0.05, 0.1) is 17.1 Å². The van der Waals surface area contributed by atoms with Crippen LogP contribution in [0.3, 0.4) is 0 Å². The fourth-order valence-corrected chi connectivity index (χ4v) is 5.84. The molecule has 0 spiro atoms. The Morgan fingerprint density at radius 1 is 1.14 bits per heavy atom. The summed E-state index contributed by atoms with van der Waals surface area (Å²) in [6.45, 7) is 6.66. The molecule has 1 aromatic heterocycles. The highest BCUT2D eigenvalue weighted by atomic mass is 32.2. The fourth-order valence-electron chi connectivity index (χ4n) is 4.76. The van der Waals surface area contributed by atoms with Gasteiger partial charge in [-0.2, -0.15) is 4.99 Å². The number of aryl methyl sites for hydroxylation is 2. The summed E-state index contributed by atoms with van der Waals surface area (Å²) in [5.41, 5.74) is 5.38. The van der Waals surface area contributed by atoms with E-state index in [2.05, 4.69) is 39.0 Å². The number of ether oxygens (including phenoxy) is 1. The zero-order chi connectivity index (χ0) is 31.4. The van der Waals surface area contributed by atoms with E-state index in [4.69, 9.17) is 12.2 Å². The zero-order valence-corrected chi connectivity index (χ0v) is 25.8. The number of para-hydroxylation sites is 1. The number of carbonyl (C=O) groups is 1. The number of amidine groups is 1. The van der Waals surface area contributed by atoms with E-state index < -0.39 is 6.36 Å².